The van der Waals surface area contributed by atoms with Gasteiger partial charge in [0.2, 0.25) is 6.71 Å². The first-order valence-electron chi connectivity index (χ1n) is 21.6. The number of hydrogen-bond acceptors (Lipinski definition) is 6. The first-order chi connectivity index (χ1) is 30.0. The molecule has 0 N–H and O–H groups in total. The van der Waals surface area contributed by atoms with Crippen LogP contribution in [0, 0.1) is 0 Å². The van der Waals surface area contributed by atoms with Crippen molar-refractivity contribution < 1.29 is 18.9 Å². The summed E-state index contributed by atoms with van der Waals surface area (Å²) in [6.45, 7) is 13.9. The molecule has 0 fully saturated rings. The van der Waals surface area contributed by atoms with E-state index >= 15 is 0 Å². The van der Waals surface area contributed by atoms with E-state index in [1.54, 1.807) is 28.4 Å². The van der Waals surface area contributed by atoms with E-state index in [0.29, 0.717) is 17.8 Å². The van der Waals surface area contributed by atoms with Crippen LogP contribution in [0.25, 0.3) is 0 Å². The Labute approximate surface area is 369 Å². The predicted molar refractivity (Wildman–Crippen MR) is 262 cm³/mol. The molecule has 7 heteroatoms. The first kappa shape index (κ1) is 43.5. The van der Waals surface area contributed by atoms with Crippen molar-refractivity contribution in [2.24, 2.45) is 0 Å². The minimum atomic E-state index is -0.0278. The fourth-order valence-electron chi connectivity index (χ4n) is 8.32. The first-order valence-corrected chi connectivity index (χ1v) is 21.6. The molecular formula is C55H59BN2O4. The molecule has 0 aliphatic rings. The standard InChI is InChI=1S/C55H59BN2O4/c1-37(2)40-35-53(38(3)4)55(54(36-40)39(5)6)56(41-11-15-43(16-12-41)57(45-19-27-49(59-7)28-20-45)46-21-29-50(60-8)30-22-46)42-13-17-44(18-14-42)58(47-23-31-51(61-9)32-24-47)48-25-33-52(62-10)34-26-48/h11-39H,1-10H3. The molecule has 7 aromatic rings. The van der Waals surface area contributed by atoms with Gasteiger partial charge in [0.15, 0.2) is 0 Å². The van der Waals surface area contributed by atoms with Crippen LogP contribution in [0.15, 0.2) is 158 Å². The number of ether oxygens (including phenoxy) is 4. The summed E-state index contributed by atoms with van der Waals surface area (Å²) in [5.41, 5.74) is 14.3. The maximum atomic E-state index is 5.53. The fraction of sp³-hybridized carbons (Fsp3) is 0.236. The van der Waals surface area contributed by atoms with Crippen molar-refractivity contribution in [2.75, 3.05) is 38.2 Å². The zero-order valence-corrected chi connectivity index (χ0v) is 37.8. The van der Waals surface area contributed by atoms with Gasteiger partial charge in [-0.1, -0.05) is 94.3 Å². The van der Waals surface area contributed by atoms with Crippen molar-refractivity contribution in [3.8, 4) is 23.0 Å². The van der Waals surface area contributed by atoms with Gasteiger partial charge in [-0.2, -0.15) is 0 Å². The van der Waals surface area contributed by atoms with Gasteiger partial charge in [0.1, 0.15) is 23.0 Å². The zero-order chi connectivity index (χ0) is 43.9. The Morgan fingerprint density at radius 1 is 0.339 bits per heavy atom. The van der Waals surface area contributed by atoms with E-state index in [9.17, 15) is 0 Å². The van der Waals surface area contributed by atoms with Gasteiger partial charge in [-0.05, 0) is 156 Å². The quantitative estimate of drug-likeness (QED) is 0.0905. The molecule has 7 aromatic carbocycles. The maximum Gasteiger partial charge on any atom is 0.241 e. The Morgan fingerprint density at radius 3 is 0.790 bits per heavy atom. The molecule has 0 aliphatic carbocycles. The highest BCUT2D eigenvalue weighted by Gasteiger charge is 2.30. The summed E-state index contributed by atoms with van der Waals surface area (Å²) in [5, 5.41) is 0. The van der Waals surface area contributed by atoms with E-state index < -0.39 is 0 Å². The Bertz CT molecular complexity index is 2250. The highest BCUT2D eigenvalue weighted by molar-refractivity contribution is 6.96. The molecule has 6 nitrogen and oxygen atoms in total. The minimum Gasteiger partial charge on any atom is -0.497 e. The van der Waals surface area contributed by atoms with Crippen LogP contribution in [0.4, 0.5) is 34.1 Å². The van der Waals surface area contributed by atoms with E-state index in [-0.39, 0.29) is 6.71 Å². The highest BCUT2D eigenvalue weighted by atomic mass is 16.5. The molecule has 0 aromatic heterocycles. The predicted octanol–water partition coefficient (Wildman–Crippen LogP) is 12.5. The van der Waals surface area contributed by atoms with Crippen LogP contribution < -0.4 is 45.1 Å². The largest absolute Gasteiger partial charge is 0.497 e. The third-order valence-electron chi connectivity index (χ3n) is 11.8. The third-order valence-corrected chi connectivity index (χ3v) is 11.8. The summed E-state index contributed by atoms with van der Waals surface area (Å²) in [6.07, 6.45) is 0. The summed E-state index contributed by atoms with van der Waals surface area (Å²) in [5.74, 6) is 4.32. The van der Waals surface area contributed by atoms with Gasteiger partial charge in [-0.15, -0.1) is 0 Å². The Balaban J connectivity index is 1.39. The molecule has 0 saturated heterocycles. The summed E-state index contributed by atoms with van der Waals surface area (Å²) >= 11 is 0. The van der Waals surface area contributed by atoms with Crippen LogP contribution in [0.1, 0.15) is 76.0 Å². The Kier molecular flexibility index (Phi) is 13.6. The van der Waals surface area contributed by atoms with Gasteiger partial charge in [-0.3, -0.25) is 0 Å². The molecule has 0 bridgehead atoms. The normalized spacial score (nSPS) is 11.2. The number of anilines is 6. The van der Waals surface area contributed by atoms with Gasteiger partial charge >= 0.3 is 0 Å². The monoisotopic (exact) mass is 822 g/mol. The van der Waals surface area contributed by atoms with Gasteiger partial charge in [0.25, 0.3) is 0 Å². The number of hydrogen-bond donors (Lipinski definition) is 0. The van der Waals surface area contributed by atoms with Gasteiger partial charge in [0.05, 0.1) is 28.4 Å². The van der Waals surface area contributed by atoms with Crippen LogP contribution in [-0.2, 0) is 0 Å². The van der Waals surface area contributed by atoms with E-state index in [4.69, 9.17) is 18.9 Å². The van der Waals surface area contributed by atoms with Crippen molar-refractivity contribution in [2.45, 2.75) is 59.3 Å². The lowest BCUT2D eigenvalue weighted by molar-refractivity contribution is 0.414. The molecule has 0 aliphatic heterocycles. The molecule has 0 unspecified atom stereocenters. The summed E-state index contributed by atoms with van der Waals surface area (Å²) in [4.78, 5) is 4.55. The third kappa shape index (κ3) is 9.33. The van der Waals surface area contributed by atoms with Gasteiger partial charge in [0, 0.05) is 34.1 Å². The van der Waals surface area contributed by atoms with Crippen LogP contribution in [0.3, 0.4) is 0 Å². The molecule has 0 amide bonds. The molecular weight excluding hydrogens is 763 g/mol. The summed E-state index contributed by atoms with van der Waals surface area (Å²) < 4.78 is 22.1. The maximum absolute atomic E-state index is 5.53. The SMILES string of the molecule is COc1ccc(N(c2ccc(OC)cc2)c2ccc(B(c3ccc(N(c4ccc(OC)cc4)c4ccc(OC)cc4)cc3)c3c(C(C)C)cc(C(C)C)cc3C(C)C)cc2)cc1. The molecule has 7 rings (SSSR count). The van der Waals surface area contributed by atoms with Crippen LogP contribution >= 0.6 is 0 Å². The number of nitrogens with zero attached hydrogens (tertiary/aromatic N) is 2. The molecule has 0 saturated carbocycles. The second-order valence-electron chi connectivity index (χ2n) is 16.7. The van der Waals surface area contributed by atoms with Crippen LogP contribution in [0.2, 0.25) is 0 Å². The van der Waals surface area contributed by atoms with Gasteiger partial charge in [-0.25, -0.2) is 0 Å². The van der Waals surface area contributed by atoms with Crippen molar-refractivity contribution in [1.82, 2.24) is 0 Å². The van der Waals surface area contributed by atoms with Crippen molar-refractivity contribution in [1.29, 1.82) is 0 Å². The molecule has 316 valence electrons. The summed E-state index contributed by atoms with van der Waals surface area (Å²) in [6, 6.07) is 56.1. The molecule has 0 atom stereocenters. The van der Waals surface area contributed by atoms with Crippen molar-refractivity contribution in [3.63, 3.8) is 0 Å². The highest BCUT2D eigenvalue weighted by Crippen LogP contribution is 2.38. The number of methoxy groups -OCH3 is 4. The minimum absolute atomic E-state index is 0.0278. The number of benzene rings is 7. The van der Waals surface area contributed by atoms with E-state index in [1.807, 2.05) is 48.5 Å². The fourth-order valence-corrected chi connectivity index (χ4v) is 8.32. The van der Waals surface area contributed by atoms with Gasteiger partial charge < -0.3 is 28.7 Å². The zero-order valence-electron chi connectivity index (χ0n) is 37.8. The molecule has 0 spiro atoms. The second kappa shape index (κ2) is 19.4. The lowest BCUT2D eigenvalue weighted by Gasteiger charge is -2.30. The molecule has 0 heterocycles. The van der Waals surface area contributed by atoms with E-state index in [2.05, 4.69) is 161 Å². The lowest BCUT2D eigenvalue weighted by atomic mass is 9.34. The Hall–Kier alpha value is -6.60. The summed E-state index contributed by atoms with van der Waals surface area (Å²) in [7, 11) is 6.79. The van der Waals surface area contributed by atoms with Crippen molar-refractivity contribution >= 4 is 57.2 Å². The number of rotatable bonds is 16. The average Bonchev–Trinajstić information content (AvgIpc) is 3.31. The molecule has 62 heavy (non-hydrogen) atoms. The van der Waals surface area contributed by atoms with E-state index in [1.165, 1.54) is 33.1 Å². The van der Waals surface area contributed by atoms with E-state index in [0.717, 1.165) is 57.1 Å². The second-order valence-corrected chi connectivity index (χ2v) is 16.7. The van der Waals surface area contributed by atoms with Crippen LogP contribution in [-0.4, -0.2) is 35.2 Å². The topological polar surface area (TPSA) is 43.4 Å². The average molecular weight is 823 g/mol. The van der Waals surface area contributed by atoms with Crippen molar-refractivity contribution in [3.05, 3.63) is 174 Å². The molecule has 0 radical (unpaired) electrons. The van der Waals surface area contributed by atoms with Crippen LogP contribution in [0.5, 0.6) is 23.0 Å². The smallest absolute Gasteiger partial charge is 0.241 e. The Morgan fingerprint density at radius 2 is 0.581 bits per heavy atom. The lowest BCUT2D eigenvalue weighted by Crippen LogP contribution is -2.55.